The first-order chi connectivity index (χ1) is 12.2. The van der Waals surface area contributed by atoms with Gasteiger partial charge in [-0.3, -0.25) is 4.99 Å². The first kappa shape index (κ1) is 21.1. The summed E-state index contributed by atoms with van der Waals surface area (Å²) in [4.78, 5) is 8.76. The lowest BCUT2D eigenvalue weighted by atomic mass is 10.2. The summed E-state index contributed by atoms with van der Waals surface area (Å²) >= 11 is 0. The molecule has 0 aliphatic carbocycles. The molecule has 1 unspecified atom stereocenters. The van der Waals surface area contributed by atoms with Crippen LogP contribution in [0.15, 0.2) is 23.2 Å². The van der Waals surface area contributed by atoms with Crippen LogP contribution in [0, 0.1) is 11.6 Å². The van der Waals surface area contributed by atoms with Crippen molar-refractivity contribution in [2.75, 3.05) is 50.8 Å². The number of nitrogens with zero attached hydrogens (tertiary/aromatic N) is 3. The quantitative estimate of drug-likeness (QED) is 0.409. The van der Waals surface area contributed by atoms with Crippen molar-refractivity contribution in [3.63, 3.8) is 0 Å². The van der Waals surface area contributed by atoms with Crippen LogP contribution in [-0.4, -0.2) is 62.8 Å². The lowest BCUT2D eigenvalue weighted by molar-refractivity contribution is 0.117. The van der Waals surface area contributed by atoms with Crippen LogP contribution < -0.4 is 10.2 Å². The molecule has 2 heterocycles. The second kappa shape index (κ2) is 10.2. The van der Waals surface area contributed by atoms with Crippen molar-refractivity contribution in [1.82, 2.24) is 10.2 Å². The molecule has 3 rings (SSSR count). The molecule has 0 bridgehead atoms. The van der Waals surface area contributed by atoms with Crippen LogP contribution in [0.3, 0.4) is 0 Å². The van der Waals surface area contributed by atoms with Crippen molar-refractivity contribution in [3.05, 3.63) is 29.8 Å². The second-order valence-corrected chi connectivity index (χ2v) is 6.40. The van der Waals surface area contributed by atoms with Crippen LogP contribution in [0.5, 0.6) is 0 Å². The Morgan fingerprint density at radius 3 is 2.69 bits per heavy atom. The van der Waals surface area contributed by atoms with Gasteiger partial charge in [-0.2, -0.15) is 0 Å². The summed E-state index contributed by atoms with van der Waals surface area (Å²) in [7, 11) is 0. The van der Waals surface area contributed by atoms with Crippen molar-refractivity contribution < 1.29 is 13.5 Å². The number of halogens is 3. The van der Waals surface area contributed by atoms with Crippen LogP contribution in [0.2, 0.25) is 0 Å². The van der Waals surface area contributed by atoms with Crippen molar-refractivity contribution >= 4 is 35.6 Å². The van der Waals surface area contributed by atoms with Crippen molar-refractivity contribution in [2.45, 2.75) is 25.9 Å². The zero-order chi connectivity index (χ0) is 17.6. The molecule has 1 N–H and O–H groups in total. The van der Waals surface area contributed by atoms with E-state index >= 15 is 0 Å². The van der Waals surface area contributed by atoms with Crippen LogP contribution >= 0.6 is 24.0 Å². The van der Waals surface area contributed by atoms with Gasteiger partial charge in [0.2, 0.25) is 0 Å². The molecule has 2 aliphatic rings. The Labute approximate surface area is 170 Å². The van der Waals surface area contributed by atoms with E-state index in [2.05, 4.69) is 10.2 Å². The number of piperazine rings is 1. The van der Waals surface area contributed by atoms with Gasteiger partial charge >= 0.3 is 0 Å². The number of hydrogen-bond acceptors (Lipinski definition) is 3. The Balaban J connectivity index is 0.00000243. The third-order valence-electron chi connectivity index (χ3n) is 4.63. The Morgan fingerprint density at radius 1 is 1.27 bits per heavy atom. The summed E-state index contributed by atoms with van der Waals surface area (Å²) in [5.41, 5.74) is 0.334. The molecule has 1 aromatic rings. The van der Waals surface area contributed by atoms with Gasteiger partial charge in [0.05, 0.1) is 18.3 Å². The summed E-state index contributed by atoms with van der Waals surface area (Å²) < 4.78 is 33.0. The predicted molar refractivity (Wildman–Crippen MR) is 111 cm³/mol. The molecule has 2 fully saturated rings. The van der Waals surface area contributed by atoms with Gasteiger partial charge in [-0.1, -0.05) is 0 Å². The molecule has 0 radical (unpaired) electrons. The first-order valence-electron chi connectivity index (χ1n) is 9.02. The van der Waals surface area contributed by atoms with E-state index in [1.165, 1.54) is 12.1 Å². The summed E-state index contributed by atoms with van der Waals surface area (Å²) in [5, 5.41) is 3.32. The summed E-state index contributed by atoms with van der Waals surface area (Å²) in [6.07, 6.45) is 2.39. The van der Waals surface area contributed by atoms with E-state index in [0.717, 1.165) is 38.0 Å². The minimum atomic E-state index is -0.412. The standard InChI is InChI=1S/C18H26F2N4O.HI/c1-2-21-18(22-13-15-4-3-11-25-15)24-9-7-23(8-10-24)17-12-14(19)5-6-16(17)20;/h5-6,12,15H,2-4,7-11,13H2,1H3,(H,21,22);1H. The zero-order valence-electron chi connectivity index (χ0n) is 15.1. The second-order valence-electron chi connectivity index (χ2n) is 6.40. The van der Waals surface area contributed by atoms with E-state index in [1.54, 1.807) is 0 Å². The molecule has 0 aromatic heterocycles. The predicted octanol–water partition coefficient (Wildman–Crippen LogP) is 2.85. The minimum absolute atomic E-state index is 0. The van der Waals surface area contributed by atoms with E-state index in [-0.39, 0.29) is 35.9 Å². The fourth-order valence-electron chi connectivity index (χ4n) is 3.29. The molecular weight excluding hydrogens is 453 g/mol. The third-order valence-corrected chi connectivity index (χ3v) is 4.63. The fourth-order valence-corrected chi connectivity index (χ4v) is 3.29. The van der Waals surface area contributed by atoms with E-state index < -0.39 is 5.82 Å². The van der Waals surface area contributed by atoms with E-state index in [0.29, 0.717) is 38.4 Å². The SMILES string of the molecule is CCNC(=NCC1CCCO1)N1CCN(c2cc(F)ccc2F)CC1.I. The molecule has 1 atom stereocenters. The summed E-state index contributed by atoms with van der Waals surface area (Å²) in [6.45, 7) is 7.02. The first-order valence-corrected chi connectivity index (χ1v) is 9.02. The van der Waals surface area contributed by atoms with Crippen LogP contribution in [0.25, 0.3) is 0 Å². The number of aliphatic imine (C=N–C) groups is 1. The number of guanidine groups is 1. The number of nitrogens with one attached hydrogen (secondary N) is 1. The van der Waals surface area contributed by atoms with Gasteiger partial charge in [0, 0.05) is 45.4 Å². The van der Waals surface area contributed by atoms with Crippen LogP contribution in [0.4, 0.5) is 14.5 Å². The lowest BCUT2D eigenvalue weighted by Crippen LogP contribution is -2.53. The van der Waals surface area contributed by atoms with E-state index in [4.69, 9.17) is 9.73 Å². The zero-order valence-corrected chi connectivity index (χ0v) is 17.4. The van der Waals surface area contributed by atoms with Gasteiger partial charge in [-0.05, 0) is 31.9 Å². The van der Waals surface area contributed by atoms with Gasteiger partial charge < -0.3 is 19.9 Å². The highest BCUT2D eigenvalue weighted by atomic mass is 127. The third kappa shape index (κ3) is 5.42. The van der Waals surface area contributed by atoms with Gasteiger partial charge in [0.15, 0.2) is 5.96 Å². The van der Waals surface area contributed by atoms with Gasteiger partial charge in [0.25, 0.3) is 0 Å². The highest BCUT2D eigenvalue weighted by molar-refractivity contribution is 14.0. The number of hydrogen-bond donors (Lipinski definition) is 1. The summed E-state index contributed by atoms with van der Waals surface area (Å²) in [5.74, 6) is 0.0801. The number of rotatable bonds is 4. The molecule has 26 heavy (non-hydrogen) atoms. The Hall–Kier alpha value is -1.16. The molecule has 8 heteroatoms. The highest BCUT2D eigenvalue weighted by Gasteiger charge is 2.23. The molecule has 0 amide bonds. The van der Waals surface area contributed by atoms with Gasteiger partial charge in [0.1, 0.15) is 11.6 Å². The fraction of sp³-hybridized carbons (Fsp3) is 0.611. The largest absolute Gasteiger partial charge is 0.376 e. The molecule has 2 aliphatic heterocycles. The normalized spacial score (nSPS) is 20.9. The Morgan fingerprint density at radius 2 is 2.04 bits per heavy atom. The molecular formula is C18H27F2IN4O. The van der Waals surface area contributed by atoms with Crippen molar-refractivity contribution in [1.29, 1.82) is 0 Å². The number of ether oxygens (including phenoxy) is 1. The average Bonchev–Trinajstić information content (AvgIpc) is 3.14. The molecule has 146 valence electrons. The molecule has 2 saturated heterocycles. The van der Waals surface area contributed by atoms with E-state index in [9.17, 15) is 8.78 Å². The Kier molecular flexibility index (Phi) is 8.33. The van der Waals surface area contributed by atoms with E-state index in [1.807, 2.05) is 11.8 Å². The summed E-state index contributed by atoms with van der Waals surface area (Å²) in [6, 6.07) is 3.60. The lowest BCUT2D eigenvalue weighted by Gasteiger charge is -2.37. The van der Waals surface area contributed by atoms with Crippen molar-refractivity contribution in [3.8, 4) is 0 Å². The highest BCUT2D eigenvalue weighted by Crippen LogP contribution is 2.22. The van der Waals surface area contributed by atoms with Crippen molar-refractivity contribution in [2.24, 2.45) is 4.99 Å². The number of anilines is 1. The van der Waals surface area contributed by atoms with Crippen LogP contribution in [-0.2, 0) is 4.74 Å². The Bertz CT molecular complexity index is 603. The molecule has 5 nitrogen and oxygen atoms in total. The smallest absolute Gasteiger partial charge is 0.194 e. The molecule has 0 saturated carbocycles. The number of benzene rings is 1. The minimum Gasteiger partial charge on any atom is -0.376 e. The average molecular weight is 480 g/mol. The molecule has 1 aromatic carbocycles. The maximum atomic E-state index is 14.0. The maximum absolute atomic E-state index is 14.0. The monoisotopic (exact) mass is 480 g/mol. The van der Waals surface area contributed by atoms with Gasteiger partial charge in [-0.25, -0.2) is 8.78 Å². The van der Waals surface area contributed by atoms with Gasteiger partial charge in [-0.15, -0.1) is 24.0 Å². The maximum Gasteiger partial charge on any atom is 0.194 e. The molecule has 0 spiro atoms. The topological polar surface area (TPSA) is 40.1 Å². The van der Waals surface area contributed by atoms with Crippen LogP contribution in [0.1, 0.15) is 19.8 Å².